The number of para-hydroxylation sites is 1. The molecule has 76 valence electrons. The van der Waals surface area contributed by atoms with Crippen molar-refractivity contribution >= 4 is 17.3 Å². The zero-order valence-corrected chi connectivity index (χ0v) is 8.80. The highest BCUT2D eigenvalue weighted by Gasteiger charge is 2.21. The number of hydrogen-bond donors (Lipinski definition) is 2. The van der Waals surface area contributed by atoms with Crippen molar-refractivity contribution in [2.45, 2.75) is 31.3 Å². The Bertz CT molecular complexity index is 314. The lowest BCUT2D eigenvalue weighted by atomic mass is 10.2. The van der Waals surface area contributed by atoms with Gasteiger partial charge < -0.3 is 11.1 Å². The number of anilines is 1. The first-order chi connectivity index (χ1) is 6.75. The largest absolute Gasteiger partial charge is 0.381 e. The van der Waals surface area contributed by atoms with Gasteiger partial charge in [-0.3, -0.25) is 0 Å². The Morgan fingerprint density at radius 2 is 2.07 bits per heavy atom. The van der Waals surface area contributed by atoms with E-state index in [4.69, 9.17) is 17.3 Å². The van der Waals surface area contributed by atoms with Gasteiger partial charge in [-0.1, -0.05) is 23.7 Å². The van der Waals surface area contributed by atoms with Gasteiger partial charge in [0.25, 0.3) is 0 Å². The fourth-order valence-electron chi connectivity index (χ4n) is 1.95. The van der Waals surface area contributed by atoms with E-state index in [2.05, 4.69) is 5.32 Å². The molecular formula is C11H15ClN2. The Kier molecular flexibility index (Phi) is 2.94. The van der Waals surface area contributed by atoms with Crippen LogP contribution in [0.1, 0.15) is 19.3 Å². The number of halogens is 1. The minimum atomic E-state index is 0.356. The van der Waals surface area contributed by atoms with E-state index in [1.54, 1.807) is 0 Å². The predicted molar refractivity (Wildman–Crippen MR) is 60.7 cm³/mol. The number of nitrogens with two attached hydrogens (primary N) is 1. The lowest BCUT2D eigenvalue weighted by Crippen LogP contribution is -2.20. The molecule has 0 aromatic heterocycles. The van der Waals surface area contributed by atoms with Gasteiger partial charge >= 0.3 is 0 Å². The molecule has 0 aliphatic heterocycles. The number of rotatable bonds is 2. The summed E-state index contributed by atoms with van der Waals surface area (Å²) < 4.78 is 0. The van der Waals surface area contributed by atoms with E-state index in [-0.39, 0.29) is 0 Å². The Morgan fingerprint density at radius 3 is 2.71 bits per heavy atom. The number of nitrogens with one attached hydrogen (secondary N) is 1. The molecule has 1 aliphatic rings. The van der Waals surface area contributed by atoms with Gasteiger partial charge in [0.1, 0.15) is 0 Å². The average Bonchev–Trinajstić information content (AvgIpc) is 2.56. The number of benzene rings is 1. The zero-order chi connectivity index (χ0) is 9.97. The van der Waals surface area contributed by atoms with E-state index in [1.807, 2.05) is 24.3 Å². The van der Waals surface area contributed by atoms with Crippen molar-refractivity contribution in [2.24, 2.45) is 5.73 Å². The van der Waals surface area contributed by atoms with Crippen molar-refractivity contribution in [3.8, 4) is 0 Å². The van der Waals surface area contributed by atoms with Crippen LogP contribution in [0.3, 0.4) is 0 Å². The average molecular weight is 211 g/mol. The van der Waals surface area contributed by atoms with Gasteiger partial charge in [0.05, 0.1) is 10.7 Å². The molecule has 2 atom stereocenters. The Balaban J connectivity index is 2.01. The highest BCUT2D eigenvalue weighted by atomic mass is 35.5. The van der Waals surface area contributed by atoms with Gasteiger partial charge in [-0.2, -0.15) is 0 Å². The normalized spacial score (nSPS) is 26.4. The van der Waals surface area contributed by atoms with Crippen LogP contribution in [0.5, 0.6) is 0 Å². The molecule has 3 heteroatoms. The van der Waals surface area contributed by atoms with Crippen LogP contribution in [-0.2, 0) is 0 Å². The lowest BCUT2D eigenvalue weighted by Gasteiger charge is -2.14. The minimum Gasteiger partial charge on any atom is -0.381 e. The summed E-state index contributed by atoms with van der Waals surface area (Å²) in [4.78, 5) is 0. The second kappa shape index (κ2) is 4.20. The zero-order valence-electron chi connectivity index (χ0n) is 8.04. The summed E-state index contributed by atoms with van der Waals surface area (Å²) in [5.74, 6) is 0. The maximum atomic E-state index is 6.05. The Hall–Kier alpha value is -0.730. The van der Waals surface area contributed by atoms with Crippen LogP contribution in [0, 0.1) is 0 Å². The fourth-order valence-corrected chi connectivity index (χ4v) is 2.14. The molecule has 3 N–H and O–H groups in total. The summed E-state index contributed by atoms with van der Waals surface area (Å²) in [5, 5.41) is 4.21. The molecule has 2 rings (SSSR count). The standard InChI is InChI=1S/C11H15ClN2/c12-10-3-1-2-4-11(10)14-9-6-5-8(13)7-9/h1-4,8-9,14H,5-7,13H2. The van der Waals surface area contributed by atoms with Crippen molar-refractivity contribution in [1.82, 2.24) is 0 Å². The van der Waals surface area contributed by atoms with E-state index < -0.39 is 0 Å². The molecule has 0 amide bonds. The van der Waals surface area contributed by atoms with E-state index in [0.29, 0.717) is 12.1 Å². The summed E-state index contributed by atoms with van der Waals surface area (Å²) in [6, 6.07) is 8.68. The molecule has 1 fully saturated rings. The van der Waals surface area contributed by atoms with Gasteiger partial charge in [-0.25, -0.2) is 0 Å². The first-order valence-electron chi connectivity index (χ1n) is 5.02. The molecule has 2 unspecified atom stereocenters. The SMILES string of the molecule is NC1CCC(Nc2ccccc2Cl)C1. The molecule has 0 spiro atoms. The van der Waals surface area contributed by atoms with E-state index in [0.717, 1.165) is 30.0 Å². The van der Waals surface area contributed by atoms with E-state index in [1.165, 1.54) is 0 Å². The van der Waals surface area contributed by atoms with Crippen LogP contribution in [0.2, 0.25) is 5.02 Å². The van der Waals surface area contributed by atoms with Gasteiger partial charge in [0.2, 0.25) is 0 Å². The fraction of sp³-hybridized carbons (Fsp3) is 0.455. The van der Waals surface area contributed by atoms with E-state index in [9.17, 15) is 0 Å². The topological polar surface area (TPSA) is 38.0 Å². The van der Waals surface area contributed by atoms with Gasteiger partial charge in [-0.05, 0) is 31.4 Å². The van der Waals surface area contributed by atoms with Crippen molar-refractivity contribution in [3.05, 3.63) is 29.3 Å². The maximum absolute atomic E-state index is 6.05. The molecule has 2 nitrogen and oxygen atoms in total. The second-order valence-electron chi connectivity index (χ2n) is 3.89. The Labute approximate surface area is 89.4 Å². The molecule has 0 heterocycles. The molecule has 1 saturated carbocycles. The van der Waals surface area contributed by atoms with Crippen molar-refractivity contribution < 1.29 is 0 Å². The molecule has 1 aliphatic carbocycles. The summed E-state index contributed by atoms with van der Waals surface area (Å²) in [6.07, 6.45) is 3.31. The maximum Gasteiger partial charge on any atom is 0.0637 e. The van der Waals surface area contributed by atoms with Crippen LogP contribution in [0.15, 0.2) is 24.3 Å². The molecule has 0 bridgehead atoms. The third-order valence-corrected chi connectivity index (χ3v) is 3.04. The highest BCUT2D eigenvalue weighted by molar-refractivity contribution is 6.33. The van der Waals surface area contributed by atoms with Crippen molar-refractivity contribution in [2.75, 3.05) is 5.32 Å². The van der Waals surface area contributed by atoms with Crippen molar-refractivity contribution in [1.29, 1.82) is 0 Å². The third-order valence-electron chi connectivity index (χ3n) is 2.71. The summed E-state index contributed by atoms with van der Waals surface area (Å²) >= 11 is 6.05. The molecule has 0 radical (unpaired) electrons. The monoisotopic (exact) mass is 210 g/mol. The number of hydrogen-bond acceptors (Lipinski definition) is 2. The van der Waals surface area contributed by atoms with Gasteiger partial charge in [-0.15, -0.1) is 0 Å². The Morgan fingerprint density at radius 1 is 1.29 bits per heavy atom. The summed E-state index contributed by atoms with van der Waals surface area (Å²) in [5.41, 5.74) is 6.87. The van der Waals surface area contributed by atoms with Crippen LogP contribution in [0.25, 0.3) is 0 Å². The molecule has 14 heavy (non-hydrogen) atoms. The van der Waals surface area contributed by atoms with Gasteiger partial charge in [0.15, 0.2) is 0 Å². The van der Waals surface area contributed by atoms with Crippen molar-refractivity contribution in [3.63, 3.8) is 0 Å². The molecular weight excluding hydrogens is 196 g/mol. The van der Waals surface area contributed by atoms with Crippen LogP contribution in [-0.4, -0.2) is 12.1 Å². The second-order valence-corrected chi connectivity index (χ2v) is 4.30. The molecule has 1 aromatic carbocycles. The highest BCUT2D eigenvalue weighted by Crippen LogP contribution is 2.26. The van der Waals surface area contributed by atoms with E-state index >= 15 is 0 Å². The summed E-state index contributed by atoms with van der Waals surface area (Å²) in [7, 11) is 0. The molecule has 1 aromatic rings. The van der Waals surface area contributed by atoms with Crippen LogP contribution in [0.4, 0.5) is 5.69 Å². The van der Waals surface area contributed by atoms with Gasteiger partial charge in [0, 0.05) is 12.1 Å². The predicted octanol–water partition coefficient (Wildman–Crippen LogP) is 2.63. The minimum absolute atomic E-state index is 0.356. The lowest BCUT2D eigenvalue weighted by molar-refractivity contribution is 0.688. The summed E-state index contributed by atoms with van der Waals surface area (Å²) in [6.45, 7) is 0. The van der Waals surface area contributed by atoms with Crippen LogP contribution < -0.4 is 11.1 Å². The smallest absolute Gasteiger partial charge is 0.0637 e. The van der Waals surface area contributed by atoms with Crippen LogP contribution >= 0.6 is 11.6 Å². The first kappa shape index (κ1) is 9.81. The first-order valence-corrected chi connectivity index (χ1v) is 5.40. The third kappa shape index (κ3) is 2.20. The molecule has 0 saturated heterocycles. The quantitative estimate of drug-likeness (QED) is 0.788.